The van der Waals surface area contributed by atoms with Crippen molar-refractivity contribution in [2.45, 2.75) is 0 Å². The van der Waals surface area contributed by atoms with Crippen LogP contribution in [0.4, 0.5) is 0 Å². The highest BCUT2D eigenvalue weighted by Gasteiger charge is 2.49. The topological polar surface area (TPSA) is 38.7 Å². The van der Waals surface area contributed by atoms with Gasteiger partial charge in [-0.2, -0.15) is 0 Å². The molecule has 63 heavy (non-hydrogen) atoms. The summed E-state index contributed by atoms with van der Waals surface area (Å²) in [5, 5.41) is 10.6. The first-order valence-electron chi connectivity index (χ1n) is 21.5. The first-order chi connectivity index (χ1) is 31.2. The predicted molar refractivity (Wildman–Crippen MR) is 265 cm³/mol. The molecule has 0 spiro atoms. The van der Waals surface area contributed by atoms with Crippen molar-refractivity contribution in [1.82, 2.24) is 15.0 Å². The second kappa shape index (κ2) is 15.1. The first kappa shape index (κ1) is 36.8. The van der Waals surface area contributed by atoms with Crippen molar-refractivity contribution in [2.24, 2.45) is 0 Å². The van der Waals surface area contributed by atoms with Crippen LogP contribution in [0.3, 0.4) is 0 Å². The number of rotatable bonds is 7. The zero-order valence-electron chi connectivity index (χ0n) is 34.4. The normalized spacial score (nSPS) is 12.6. The van der Waals surface area contributed by atoms with E-state index in [4.69, 9.17) is 15.0 Å². The molecule has 294 valence electrons. The van der Waals surface area contributed by atoms with Gasteiger partial charge < -0.3 is 0 Å². The summed E-state index contributed by atoms with van der Waals surface area (Å²) in [5.74, 6) is 1.91. The van der Waals surface area contributed by atoms with E-state index in [-0.39, 0.29) is 0 Å². The fourth-order valence-corrected chi connectivity index (χ4v) is 15.0. The third-order valence-corrected chi connectivity index (χ3v) is 17.6. The van der Waals surface area contributed by atoms with Crippen LogP contribution in [0, 0.1) is 0 Å². The molecule has 0 atom stereocenters. The van der Waals surface area contributed by atoms with Crippen molar-refractivity contribution < 1.29 is 0 Å². The SMILES string of the molecule is c1ccc(-c2ccc(-c3nc(-c4ccccc4)nc(-c4ccccc4-c4ccc5c(c4)[Si](c4ccc6ccccc6c4)(c4ccc6ccccc6c4)c4ccccc4-5)n3)cc2)cc1. The van der Waals surface area contributed by atoms with Crippen LogP contribution in [0.1, 0.15) is 0 Å². The molecule has 0 fully saturated rings. The van der Waals surface area contributed by atoms with Gasteiger partial charge in [0.2, 0.25) is 0 Å². The predicted octanol–water partition coefficient (Wildman–Crippen LogP) is 11.9. The molecule has 0 N–H and O–H groups in total. The van der Waals surface area contributed by atoms with Crippen LogP contribution in [-0.2, 0) is 0 Å². The lowest BCUT2D eigenvalue weighted by Gasteiger charge is -2.32. The highest BCUT2D eigenvalue weighted by molar-refractivity contribution is 7.22. The third-order valence-electron chi connectivity index (χ3n) is 12.8. The fraction of sp³-hybridized carbons (Fsp3) is 0. The zero-order valence-corrected chi connectivity index (χ0v) is 35.4. The van der Waals surface area contributed by atoms with E-state index in [1.807, 2.05) is 24.3 Å². The van der Waals surface area contributed by atoms with Gasteiger partial charge in [-0.1, -0.05) is 237 Å². The van der Waals surface area contributed by atoms with Gasteiger partial charge in [-0.25, -0.2) is 15.0 Å². The Hall–Kier alpha value is -8.05. The van der Waals surface area contributed by atoms with Gasteiger partial charge in [0.25, 0.3) is 0 Å². The molecule has 0 unspecified atom stereocenters. The lowest BCUT2D eigenvalue weighted by molar-refractivity contribution is 1.07. The lowest BCUT2D eigenvalue weighted by atomic mass is 9.96. The second-order valence-electron chi connectivity index (χ2n) is 16.3. The molecule has 0 saturated carbocycles. The molecule has 1 aromatic heterocycles. The van der Waals surface area contributed by atoms with Crippen molar-refractivity contribution in [2.75, 3.05) is 0 Å². The standard InChI is InChI=1S/C59H39N3Si/c1-3-15-40(16-4-1)43-27-29-45(30-28-43)58-60-57(44-19-5-2-6-20-44)61-59(62-58)54-25-12-11-23-51(54)48-33-36-53-52-24-13-14-26-55(52)63(56(53)39-48,49-34-31-41-17-7-9-21-46(41)37-49)50-35-32-42-18-8-10-22-47(42)38-50/h1-39H. The summed E-state index contributed by atoms with van der Waals surface area (Å²) in [6, 6.07) is 85.9. The molecule has 0 aliphatic carbocycles. The van der Waals surface area contributed by atoms with E-state index in [1.165, 1.54) is 59.0 Å². The minimum absolute atomic E-state index is 0.636. The summed E-state index contributed by atoms with van der Waals surface area (Å²) in [5.41, 5.74) is 9.97. The minimum Gasteiger partial charge on any atom is -0.208 e. The summed E-state index contributed by atoms with van der Waals surface area (Å²) >= 11 is 0. The maximum atomic E-state index is 5.26. The van der Waals surface area contributed by atoms with Gasteiger partial charge in [0, 0.05) is 16.7 Å². The average Bonchev–Trinajstić information content (AvgIpc) is 3.67. The van der Waals surface area contributed by atoms with Gasteiger partial charge in [-0.3, -0.25) is 0 Å². The Morgan fingerprint density at radius 1 is 0.238 bits per heavy atom. The Labute approximate surface area is 367 Å². The van der Waals surface area contributed by atoms with E-state index in [1.54, 1.807) is 0 Å². The molecule has 0 amide bonds. The Kier molecular flexibility index (Phi) is 8.84. The minimum atomic E-state index is -2.90. The molecular weight excluding hydrogens is 779 g/mol. The highest BCUT2D eigenvalue weighted by Crippen LogP contribution is 2.37. The molecule has 1 aliphatic heterocycles. The van der Waals surface area contributed by atoms with E-state index >= 15 is 0 Å². The number of hydrogen-bond acceptors (Lipinski definition) is 3. The number of hydrogen-bond donors (Lipinski definition) is 0. The summed E-state index contributed by atoms with van der Waals surface area (Å²) in [6.07, 6.45) is 0. The van der Waals surface area contributed by atoms with Crippen molar-refractivity contribution in [3.05, 3.63) is 237 Å². The molecular formula is C59H39N3Si. The molecule has 1 aliphatic rings. The van der Waals surface area contributed by atoms with Crippen LogP contribution >= 0.6 is 0 Å². The van der Waals surface area contributed by atoms with Gasteiger partial charge in [0.15, 0.2) is 25.5 Å². The van der Waals surface area contributed by atoms with E-state index in [0.29, 0.717) is 17.5 Å². The molecule has 3 nitrogen and oxygen atoms in total. The fourth-order valence-electron chi connectivity index (χ4n) is 9.79. The van der Waals surface area contributed by atoms with E-state index in [0.717, 1.165) is 33.4 Å². The van der Waals surface area contributed by atoms with Crippen LogP contribution in [0.25, 0.3) is 89.1 Å². The zero-order chi connectivity index (χ0) is 41.7. The van der Waals surface area contributed by atoms with Crippen molar-refractivity contribution in [3.63, 3.8) is 0 Å². The maximum Gasteiger partial charge on any atom is 0.180 e. The van der Waals surface area contributed by atoms with E-state index < -0.39 is 8.07 Å². The Morgan fingerprint density at radius 3 is 1.30 bits per heavy atom. The summed E-state index contributed by atoms with van der Waals surface area (Å²) in [4.78, 5) is 15.6. The van der Waals surface area contributed by atoms with Crippen LogP contribution in [0.5, 0.6) is 0 Å². The average molecular weight is 818 g/mol. The molecule has 0 saturated heterocycles. The van der Waals surface area contributed by atoms with Crippen LogP contribution in [-0.4, -0.2) is 23.0 Å². The molecule has 11 aromatic rings. The number of nitrogens with zero attached hydrogens (tertiary/aromatic N) is 3. The second-order valence-corrected chi connectivity index (χ2v) is 20.1. The van der Waals surface area contributed by atoms with Crippen LogP contribution in [0.15, 0.2) is 237 Å². The van der Waals surface area contributed by atoms with Crippen LogP contribution < -0.4 is 20.7 Å². The molecule has 2 heterocycles. The Morgan fingerprint density at radius 2 is 0.667 bits per heavy atom. The summed E-state index contributed by atoms with van der Waals surface area (Å²) in [7, 11) is -2.90. The number of benzene rings is 10. The largest absolute Gasteiger partial charge is 0.208 e. The van der Waals surface area contributed by atoms with Crippen molar-refractivity contribution >= 4 is 50.4 Å². The molecule has 10 aromatic carbocycles. The molecule has 12 rings (SSSR count). The van der Waals surface area contributed by atoms with Crippen molar-refractivity contribution in [3.8, 4) is 67.5 Å². The summed E-state index contributed by atoms with van der Waals surface area (Å²) < 4.78 is 0. The Balaban J connectivity index is 1.07. The third kappa shape index (κ3) is 6.22. The van der Waals surface area contributed by atoms with Gasteiger partial charge >= 0.3 is 0 Å². The van der Waals surface area contributed by atoms with E-state index in [9.17, 15) is 0 Å². The smallest absolute Gasteiger partial charge is 0.180 e. The number of fused-ring (bicyclic) bond motifs is 5. The highest BCUT2D eigenvalue weighted by atomic mass is 28.3. The van der Waals surface area contributed by atoms with Crippen LogP contribution in [0.2, 0.25) is 0 Å². The number of aromatic nitrogens is 3. The van der Waals surface area contributed by atoms with Gasteiger partial charge in [-0.05, 0) is 75.7 Å². The van der Waals surface area contributed by atoms with E-state index in [2.05, 4.69) is 212 Å². The molecule has 0 radical (unpaired) electrons. The first-order valence-corrected chi connectivity index (χ1v) is 23.5. The van der Waals surface area contributed by atoms with Gasteiger partial charge in [-0.15, -0.1) is 0 Å². The van der Waals surface area contributed by atoms with Crippen molar-refractivity contribution in [1.29, 1.82) is 0 Å². The summed E-state index contributed by atoms with van der Waals surface area (Å²) in [6.45, 7) is 0. The van der Waals surface area contributed by atoms with Gasteiger partial charge in [0.05, 0.1) is 0 Å². The van der Waals surface area contributed by atoms with Gasteiger partial charge in [0.1, 0.15) is 0 Å². The quantitative estimate of drug-likeness (QED) is 0.150. The molecule has 0 bridgehead atoms. The monoisotopic (exact) mass is 817 g/mol. The Bertz CT molecular complexity index is 3430. The maximum absolute atomic E-state index is 5.26. The molecule has 4 heteroatoms. The lowest BCUT2D eigenvalue weighted by Crippen LogP contribution is -2.72.